The lowest BCUT2D eigenvalue weighted by Crippen LogP contribution is -2.48. The average molecular weight is 398 g/mol. The van der Waals surface area contributed by atoms with Crippen molar-refractivity contribution in [2.75, 3.05) is 18.1 Å². The van der Waals surface area contributed by atoms with E-state index < -0.39 is 9.84 Å². The number of nitrogens with zero attached hydrogens (tertiary/aromatic N) is 1. The zero-order chi connectivity index (χ0) is 18.1. The van der Waals surface area contributed by atoms with Crippen molar-refractivity contribution in [3.63, 3.8) is 0 Å². The minimum Gasteiger partial charge on any atom is -0.373 e. The van der Waals surface area contributed by atoms with Gasteiger partial charge < -0.3 is 15.4 Å². The fourth-order valence-electron chi connectivity index (χ4n) is 4.15. The number of rotatable bonds is 5. The number of nitrogens with one attached hydrogen (secondary N) is 2. The van der Waals surface area contributed by atoms with Crippen LogP contribution in [-0.2, 0) is 14.6 Å². The van der Waals surface area contributed by atoms with Gasteiger partial charge in [0, 0.05) is 11.4 Å². The summed E-state index contributed by atoms with van der Waals surface area (Å²) in [7, 11) is -2.86. The van der Waals surface area contributed by atoms with Gasteiger partial charge in [0.05, 0.1) is 35.8 Å². The maximum Gasteiger partial charge on any atom is 0.192 e. The van der Waals surface area contributed by atoms with E-state index in [1.165, 1.54) is 4.88 Å². The molecule has 26 heavy (non-hydrogen) atoms. The Hall–Kier alpha value is -1.12. The Labute approximate surface area is 159 Å². The van der Waals surface area contributed by atoms with Crippen molar-refractivity contribution in [3.8, 4) is 0 Å². The van der Waals surface area contributed by atoms with E-state index in [2.05, 4.69) is 35.1 Å². The van der Waals surface area contributed by atoms with Gasteiger partial charge in [-0.1, -0.05) is 6.07 Å². The van der Waals surface area contributed by atoms with E-state index in [4.69, 9.17) is 9.73 Å². The van der Waals surface area contributed by atoms with E-state index in [1.807, 2.05) is 0 Å². The van der Waals surface area contributed by atoms with Crippen LogP contribution in [-0.4, -0.2) is 50.7 Å². The second kappa shape index (κ2) is 7.48. The first-order chi connectivity index (χ1) is 12.5. The fourth-order valence-corrected chi connectivity index (χ4v) is 6.73. The normalized spacial score (nSPS) is 34.1. The Morgan fingerprint density at radius 1 is 1.42 bits per heavy atom. The van der Waals surface area contributed by atoms with Gasteiger partial charge in [-0.3, -0.25) is 4.99 Å². The van der Waals surface area contributed by atoms with Crippen molar-refractivity contribution in [3.05, 3.63) is 22.4 Å². The summed E-state index contributed by atoms with van der Waals surface area (Å²) in [6.07, 6.45) is 4.67. The van der Waals surface area contributed by atoms with Crippen molar-refractivity contribution in [2.24, 2.45) is 10.9 Å². The van der Waals surface area contributed by atoms with Crippen molar-refractivity contribution < 1.29 is 13.2 Å². The second-order valence-corrected chi connectivity index (χ2v) is 10.9. The van der Waals surface area contributed by atoms with Crippen LogP contribution in [0.15, 0.2) is 22.5 Å². The maximum atomic E-state index is 11.7. The minimum absolute atomic E-state index is 0.131. The van der Waals surface area contributed by atoms with E-state index >= 15 is 0 Å². The molecular formula is C18H27N3O3S2. The molecule has 3 fully saturated rings. The van der Waals surface area contributed by atoms with Crippen LogP contribution in [0.25, 0.3) is 0 Å². The molecule has 3 aliphatic heterocycles. The highest BCUT2D eigenvalue weighted by molar-refractivity contribution is 7.91. The molecule has 1 aromatic rings. The van der Waals surface area contributed by atoms with Crippen LogP contribution < -0.4 is 10.6 Å². The van der Waals surface area contributed by atoms with Gasteiger partial charge in [0.2, 0.25) is 0 Å². The molecule has 8 heteroatoms. The van der Waals surface area contributed by atoms with Crippen LogP contribution >= 0.6 is 11.3 Å². The third-order valence-electron chi connectivity index (χ3n) is 5.59. The summed E-state index contributed by atoms with van der Waals surface area (Å²) in [5, 5.41) is 9.12. The first-order valence-electron chi connectivity index (χ1n) is 9.45. The highest BCUT2D eigenvalue weighted by Crippen LogP contribution is 2.34. The van der Waals surface area contributed by atoms with E-state index in [0.717, 1.165) is 31.6 Å². The van der Waals surface area contributed by atoms with Gasteiger partial charge in [0.1, 0.15) is 0 Å². The molecule has 5 atom stereocenters. The van der Waals surface area contributed by atoms with Crippen molar-refractivity contribution in [1.82, 2.24) is 10.6 Å². The van der Waals surface area contributed by atoms with E-state index in [9.17, 15) is 8.42 Å². The molecule has 2 bridgehead atoms. The van der Waals surface area contributed by atoms with Crippen LogP contribution in [0.3, 0.4) is 0 Å². The average Bonchev–Trinajstić information content (AvgIpc) is 3.37. The van der Waals surface area contributed by atoms with Crippen molar-refractivity contribution >= 4 is 27.1 Å². The number of hydrogen-bond acceptors (Lipinski definition) is 5. The SMILES string of the molecule is CC(NC(=NCC1CCS(=O)(=O)C1)NC1CC2CCC1O2)c1cccs1. The highest BCUT2D eigenvalue weighted by atomic mass is 32.2. The number of guanidine groups is 1. The third kappa shape index (κ3) is 4.23. The number of thiophene rings is 1. The Bertz CT molecular complexity index is 748. The summed E-state index contributed by atoms with van der Waals surface area (Å²) >= 11 is 1.72. The van der Waals surface area contributed by atoms with Crippen LogP contribution in [0.4, 0.5) is 0 Å². The summed E-state index contributed by atoms with van der Waals surface area (Å²) in [5.74, 6) is 1.47. The van der Waals surface area contributed by atoms with E-state index in [1.54, 1.807) is 11.3 Å². The Kier molecular flexibility index (Phi) is 5.25. The maximum absolute atomic E-state index is 11.7. The van der Waals surface area contributed by atoms with Gasteiger partial charge in [-0.2, -0.15) is 0 Å². The molecular weight excluding hydrogens is 370 g/mol. The molecule has 6 nitrogen and oxygen atoms in total. The van der Waals surface area contributed by atoms with Crippen molar-refractivity contribution in [2.45, 2.75) is 56.9 Å². The Morgan fingerprint density at radius 2 is 2.31 bits per heavy atom. The standard InChI is InChI=1S/C18H27N3O3S2/c1-12(17-3-2-7-25-17)20-18(19-10-13-6-8-26(22,23)11-13)21-15-9-14-4-5-16(15)24-14/h2-3,7,12-16H,4-6,8-11H2,1H3,(H2,19,20,21). The van der Waals surface area contributed by atoms with Crippen molar-refractivity contribution in [1.29, 1.82) is 0 Å². The summed E-state index contributed by atoms with van der Waals surface area (Å²) < 4.78 is 29.3. The lowest BCUT2D eigenvalue weighted by molar-refractivity contribution is 0.0992. The van der Waals surface area contributed by atoms with Gasteiger partial charge in [0.25, 0.3) is 0 Å². The Morgan fingerprint density at radius 3 is 2.92 bits per heavy atom. The van der Waals surface area contributed by atoms with Crippen LogP contribution in [0.5, 0.6) is 0 Å². The molecule has 5 unspecified atom stereocenters. The smallest absolute Gasteiger partial charge is 0.192 e. The van der Waals surface area contributed by atoms with Crippen LogP contribution in [0.2, 0.25) is 0 Å². The number of fused-ring (bicyclic) bond motifs is 2. The molecule has 4 heterocycles. The molecule has 0 saturated carbocycles. The second-order valence-electron chi connectivity index (χ2n) is 7.70. The predicted octanol–water partition coefficient (Wildman–Crippen LogP) is 2.10. The monoisotopic (exact) mass is 397 g/mol. The molecule has 1 aromatic heterocycles. The zero-order valence-electron chi connectivity index (χ0n) is 15.1. The molecule has 0 spiro atoms. The quantitative estimate of drug-likeness (QED) is 0.588. The first kappa shape index (κ1) is 18.3. The molecule has 0 aromatic carbocycles. The molecule has 4 rings (SSSR count). The molecule has 144 valence electrons. The fraction of sp³-hybridized carbons (Fsp3) is 0.722. The number of sulfone groups is 1. The summed E-state index contributed by atoms with van der Waals surface area (Å²) in [5.41, 5.74) is 0. The molecule has 3 saturated heterocycles. The summed E-state index contributed by atoms with van der Waals surface area (Å²) in [4.78, 5) is 6.00. The zero-order valence-corrected chi connectivity index (χ0v) is 16.7. The van der Waals surface area contributed by atoms with E-state index in [-0.39, 0.29) is 23.8 Å². The molecule has 2 N–H and O–H groups in total. The summed E-state index contributed by atoms with van der Waals surface area (Å²) in [6, 6.07) is 4.62. The number of hydrogen-bond donors (Lipinski definition) is 2. The topological polar surface area (TPSA) is 79.8 Å². The third-order valence-corrected chi connectivity index (χ3v) is 8.48. The summed E-state index contributed by atoms with van der Waals surface area (Å²) in [6.45, 7) is 2.67. The number of aliphatic imine (C=N–C) groups is 1. The molecule has 3 aliphatic rings. The number of ether oxygens (including phenoxy) is 1. The Balaban J connectivity index is 1.42. The molecule has 0 amide bonds. The lowest BCUT2D eigenvalue weighted by Gasteiger charge is -2.25. The van der Waals surface area contributed by atoms with Gasteiger partial charge in [-0.15, -0.1) is 11.3 Å². The van der Waals surface area contributed by atoms with Gasteiger partial charge in [0.15, 0.2) is 15.8 Å². The van der Waals surface area contributed by atoms with Gasteiger partial charge in [-0.25, -0.2) is 8.42 Å². The minimum atomic E-state index is -2.86. The lowest BCUT2D eigenvalue weighted by atomic mass is 9.96. The molecule has 0 aliphatic carbocycles. The van der Waals surface area contributed by atoms with Crippen LogP contribution in [0.1, 0.15) is 43.5 Å². The van der Waals surface area contributed by atoms with E-state index in [0.29, 0.717) is 24.4 Å². The van der Waals surface area contributed by atoms with Gasteiger partial charge >= 0.3 is 0 Å². The predicted molar refractivity (Wildman–Crippen MR) is 104 cm³/mol. The largest absolute Gasteiger partial charge is 0.373 e. The van der Waals surface area contributed by atoms with Gasteiger partial charge in [-0.05, 0) is 50.0 Å². The molecule has 0 radical (unpaired) electrons. The highest BCUT2D eigenvalue weighted by Gasteiger charge is 2.41. The van der Waals surface area contributed by atoms with Crippen LogP contribution in [0, 0.1) is 5.92 Å². The first-order valence-corrected chi connectivity index (χ1v) is 12.2.